The van der Waals surface area contributed by atoms with Gasteiger partial charge in [0.2, 0.25) is 0 Å². The van der Waals surface area contributed by atoms with E-state index in [-0.39, 0.29) is 7.53 Å². The van der Waals surface area contributed by atoms with Crippen LogP contribution in [-0.2, 0) is 6.66 Å². The molecule has 8 heavy (non-hydrogen) atoms. The van der Waals surface area contributed by atoms with Gasteiger partial charge in [-0.1, -0.05) is 0 Å². The fourth-order valence-corrected chi connectivity index (χ4v) is 2.32. The lowest BCUT2D eigenvalue weighted by Crippen LogP contribution is -1.64. The van der Waals surface area contributed by atoms with Crippen LogP contribution < -0.4 is 0 Å². The predicted octanol–water partition coefficient (Wildman–Crippen LogP) is 2.63. The van der Waals surface area contributed by atoms with Crippen LogP contribution in [0.15, 0.2) is 5.80 Å². The van der Waals surface area contributed by atoms with Crippen LogP contribution in [0.2, 0.25) is 0 Å². The fourth-order valence-electron chi connectivity index (χ4n) is 0.772. The summed E-state index contributed by atoms with van der Waals surface area (Å²) in [5.74, 6) is 5.65. The van der Waals surface area contributed by atoms with Gasteiger partial charge in [-0.25, -0.2) is 0 Å². The second-order valence-electron chi connectivity index (χ2n) is 2.16. The summed E-state index contributed by atoms with van der Waals surface area (Å²) in [6.07, 6.45) is 0. The molecule has 0 nitrogen and oxygen atoms in total. The van der Waals surface area contributed by atoms with Crippen molar-refractivity contribution in [3.8, 4) is 0 Å². The minimum atomic E-state index is 0.00720. The third kappa shape index (κ3) is 0.952. The fraction of sp³-hybridized carbons (Fsp3) is 0.429. The molecule has 1 heteroatoms. The number of aryl methyl sites for hydroxylation is 3. The van der Waals surface area contributed by atoms with Gasteiger partial charge in [-0.15, -0.1) is 7.53 Å². The van der Waals surface area contributed by atoms with Crippen molar-refractivity contribution in [1.82, 2.24) is 0 Å². The zero-order chi connectivity index (χ0) is 6.15. The molecule has 0 aliphatic carbocycles. The lowest BCUT2D eigenvalue weighted by Gasteiger charge is -1.80. The molecule has 0 amide bonds. The van der Waals surface area contributed by atoms with Crippen molar-refractivity contribution in [3.05, 3.63) is 22.7 Å². The summed E-state index contributed by atoms with van der Waals surface area (Å²) in [6, 6.07) is 0. The Morgan fingerprint density at radius 1 is 1.50 bits per heavy atom. The Kier molecular flexibility index (Phi) is 1.44. The van der Waals surface area contributed by atoms with Crippen molar-refractivity contribution < 1.29 is 0 Å². The quantitative estimate of drug-likeness (QED) is 0.500. The second-order valence-corrected chi connectivity index (χ2v) is 3.86. The Hall–Kier alpha value is -0.220. The van der Waals surface area contributed by atoms with E-state index in [9.17, 15) is 0 Å². The molecule has 0 aromatic carbocycles. The van der Waals surface area contributed by atoms with Crippen molar-refractivity contribution >= 4 is 7.53 Å². The van der Waals surface area contributed by atoms with E-state index in [4.69, 9.17) is 0 Å². The maximum atomic E-state index is 3.36. The number of hydrogen-bond donors (Lipinski definition) is 0. The van der Waals surface area contributed by atoms with E-state index >= 15 is 0 Å². The molecule has 0 spiro atoms. The lowest BCUT2D eigenvalue weighted by atomic mass is 10.2. The lowest BCUT2D eigenvalue weighted by molar-refractivity contribution is 1.40. The van der Waals surface area contributed by atoms with E-state index in [1.54, 1.807) is 0 Å². The second kappa shape index (κ2) is 1.95. The molecule has 0 aliphatic rings. The highest BCUT2D eigenvalue weighted by Crippen LogP contribution is 2.26. The molecule has 1 radical (unpaired) electrons. The molecule has 0 aliphatic heterocycles. The highest BCUT2D eigenvalue weighted by Gasteiger charge is 1.92. The molecular formula is C7H10P. The molecule has 1 aromatic heterocycles. The third-order valence-electron chi connectivity index (χ3n) is 1.32. The maximum Gasteiger partial charge on any atom is 0.00831 e. The Morgan fingerprint density at radius 2 is 2.12 bits per heavy atom. The molecule has 1 rings (SSSR count). The van der Waals surface area contributed by atoms with Crippen LogP contribution in [-0.4, -0.2) is 0 Å². The van der Waals surface area contributed by atoms with Gasteiger partial charge in [0.15, 0.2) is 0 Å². The van der Waals surface area contributed by atoms with Crippen LogP contribution in [0.1, 0.15) is 11.1 Å². The van der Waals surface area contributed by atoms with E-state index in [0.717, 1.165) is 0 Å². The van der Waals surface area contributed by atoms with Crippen molar-refractivity contribution in [2.24, 2.45) is 6.66 Å². The van der Waals surface area contributed by atoms with Gasteiger partial charge in [0.1, 0.15) is 0 Å². The Morgan fingerprint density at radius 3 is 2.25 bits per heavy atom. The Bertz CT molecular complexity index is 167. The maximum absolute atomic E-state index is 3.36. The zero-order valence-corrected chi connectivity index (χ0v) is 6.42. The van der Waals surface area contributed by atoms with Gasteiger partial charge in [-0.05, 0) is 37.4 Å². The Labute approximate surface area is 51.6 Å². The van der Waals surface area contributed by atoms with Crippen molar-refractivity contribution in [2.75, 3.05) is 0 Å². The first kappa shape index (κ1) is 5.91. The third-order valence-corrected chi connectivity index (χ3v) is 2.79. The highest BCUT2D eigenvalue weighted by molar-refractivity contribution is 7.46. The summed E-state index contributed by atoms with van der Waals surface area (Å²) in [7, 11) is 0.00720. The van der Waals surface area contributed by atoms with Gasteiger partial charge in [-0.3, -0.25) is 0 Å². The van der Waals surface area contributed by atoms with E-state index in [0.29, 0.717) is 0 Å². The Balaban J connectivity index is 3.14. The molecule has 43 valence electrons. The molecule has 0 N–H and O–H groups in total. The van der Waals surface area contributed by atoms with Crippen molar-refractivity contribution in [2.45, 2.75) is 13.8 Å². The molecular weight excluding hydrogens is 115 g/mol. The summed E-state index contributed by atoms with van der Waals surface area (Å²) < 4.78 is 0. The topological polar surface area (TPSA) is 0 Å². The summed E-state index contributed by atoms with van der Waals surface area (Å²) in [6.45, 7) is 6.49. The zero-order valence-electron chi connectivity index (χ0n) is 5.52. The SMILES string of the molecule is Cc1[c]p(C)cc1C. The first-order valence-electron chi connectivity index (χ1n) is 2.72. The molecule has 0 saturated heterocycles. The van der Waals surface area contributed by atoms with Crippen LogP contribution in [0.25, 0.3) is 0 Å². The predicted molar refractivity (Wildman–Crippen MR) is 38.4 cm³/mol. The summed E-state index contributed by atoms with van der Waals surface area (Å²) in [5.41, 5.74) is 2.76. The van der Waals surface area contributed by atoms with E-state index < -0.39 is 0 Å². The van der Waals surface area contributed by atoms with Gasteiger partial charge < -0.3 is 0 Å². The van der Waals surface area contributed by atoms with E-state index in [1.807, 2.05) is 0 Å². The van der Waals surface area contributed by atoms with E-state index in [1.165, 1.54) is 11.1 Å². The number of rotatable bonds is 0. The van der Waals surface area contributed by atoms with Gasteiger partial charge in [0.25, 0.3) is 0 Å². The molecule has 0 bridgehead atoms. The van der Waals surface area contributed by atoms with Gasteiger partial charge in [-0.2, -0.15) is 0 Å². The summed E-state index contributed by atoms with van der Waals surface area (Å²) in [5, 5.41) is 0. The first-order valence-corrected chi connectivity index (χ1v) is 4.58. The summed E-state index contributed by atoms with van der Waals surface area (Å²) in [4.78, 5) is 0. The van der Waals surface area contributed by atoms with Crippen LogP contribution >= 0.6 is 7.53 Å². The minimum Gasteiger partial charge on any atom is -0.119 e. The first-order chi connectivity index (χ1) is 3.70. The monoisotopic (exact) mass is 125 g/mol. The standard InChI is InChI=1S/C7H10P/c1-6-4-8(3)5-7(6)2/h4H,1-3H3. The molecule has 1 aromatic rings. The smallest absolute Gasteiger partial charge is 0.00831 e. The normalized spacial score (nSPS) is 9.88. The largest absolute Gasteiger partial charge is 0.119 e. The van der Waals surface area contributed by atoms with Crippen LogP contribution in [0, 0.1) is 19.6 Å². The van der Waals surface area contributed by atoms with Crippen LogP contribution in [0.4, 0.5) is 0 Å². The van der Waals surface area contributed by atoms with Gasteiger partial charge in [0, 0.05) is 5.80 Å². The van der Waals surface area contributed by atoms with Gasteiger partial charge >= 0.3 is 0 Å². The van der Waals surface area contributed by atoms with Crippen molar-refractivity contribution in [3.63, 3.8) is 0 Å². The van der Waals surface area contributed by atoms with Crippen molar-refractivity contribution in [1.29, 1.82) is 0 Å². The highest BCUT2D eigenvalue weighted by atomic mass is 31.1. The molecule has 0 fully saturated rings. The van der Waals surface area contributed by atoms with Gasteiger partial charge in [0.05, 0.1) is 0 Å². The number of hydrogen-bond acceptors (Lipinski definition) is 0. The molecule has 1 unspecified atom stereocenters. The molecule has 1 heterocycles. The van der Waals surface area contributed by atoms with E-state index in [2.05, 4.69) is 32.1 Å². The molecule has 0 saturated carbocycles. The average molecular weight is 125 g/mol. The van der Waals surface area contributed by atoms with Crippen LogP contribution in [0.5, 0.6) is 0 Å². The molecule has 1 atom stereocenters. The van der Waals surface area contributed by atoms with Crippen LogP contribution in [0.3, 0.4) is 0 Å². The minimum absolute atomic E-state index is 0.00720. The average Bonchev–Trinajstić information content (AvgIpc) is 1.85. The summed E-state index contributed by atoms with van der Waals surface area (Å²) >= 11 is 0.